The third-order valence-corrected chi connectivity index (χ3v) is 2.18. The molecule has 0 bridgehead atoms. The number of alkyl halides is 3. The van der Waals surface area contributed by atoms with E-state index in [1.807, 2.05) is 0 Å². The van der Waals surface area contributed by atoms with Crippen LogP contribution in [0.4, 0.5) is 18.9 Å². The summed E-state index contributed by atoms with van der Waals surface area (Å²) in [5.41, 5.74) is -1.14. The van der Waals surface area contributed by atoms with Gasteiger partial charge in [-0.25, -0.2) is 0 Å². The number of amides is 1. The van der Waals surface area contributed by atoms with E-state index in [-0.39, 0.29) is 5.69 Å². The maximum atomic E-state index is 12.7. The lowest BCUT2D eigenvalue weighted by molar-refractivity contribution is -0.137. The number of halogens is 3. The molecule has 0 aliphatic carbocycles. The smallest absolute Gasteiger partial charge is 0.314 e. The predicted octanol–water partition coefficient (Wildman–Crippen LogP) is 2.58. The van der Waals surface area contributed by atoms with Crippen LogP contribution in [0.2, 0.25) is 0 Å². The number of nitrogens with zero attached hydrogens (tertiary/aromatic N) is 2. The first-order valence-corrected chi connectivity index (χ1v) is 4.67. The Morgan fingerprint density at radius 3 is 2.53 bits per heavy atom. The summed E-state index contributed by atoms with van der Waals surface area (Å²) in [7, 11) is 1.21. The first-order chi connectivity index (χ1) is 7.88. The quantitative estimate of drug-likeness (QED) is 0.800. The molecule has 1 aromatic carbocycles. The molecule has 17 heavy (non-hydrogen) atoms. The van der Waals surface area contributed by atoms with Gasteiger partial charge in [0.25, 0.3) is 0 Å². The number of anilines is 1. The summed E-state index contributed by atoms with van der Waals surface area (Å²) in [5.74, 6) is -0.677. The molecule has 0 saturated carbocycles. The summed E-state index contributed by atoms with van der Waals surface area (Å²) < 4.78 is 38.0. The predicted molar refractivity (Wildman–Crippen MR) is 55.1 cm³/mol. The van der Waals surface area contributed by atoms with Crippen LogP contribution in [0, 0.1) is 11.3 Å². The average molecular weight is 242 g/mol. The van der Waals surface area contributed by atoms with Crippen LogP contribution in [0.25, 0.3) is 0 Å². The van der Waals surface area contributed by atoms with Crippen molar-refractivity contribution in [2.75, 3.05) is 11.9 Å². The van der Waals surface area contributed by atoms with Crippen molar-refractivity contribution in [2.24, 2.45) is 0 Å². The molecule has 0 radical (unpaired) electrons. The highest BCUT2D eigenvalue weighted by atomic mass is 19.4. The first kappa shape index (κ1) is 13.0. The highest BCUT2D eigenvalue weighted by molar-refractivity contribution is 5.94. The van der Waals surface area contributed by atoms with Gasteiger partial charge in [0.15, 0.2) is 0 Å². The van der Waals surface area contributed by atoms with E-state index in [0.717, 1.165) is 11.0 Å². The Morgan fingerprint density at radius 2 is 2.00 bits per heavy atom. The molecule has 0 aromatic heterocycles. The van der Waals surface area contributed by atoms with E-state index in [1.54, 1.807) is 6.07 Å². The van der Waals surface area contributed by atoms with Crippen LogP contribution >= 0.6 is 0 Å². The van der Waals surface area contributed by atoms with Crippen LogP contribution in [-0.2, 0) is 11.0 Å². The Hall–Kier alpha value is -2.03. The molecule has 0 atom stereocenters. The molecule has 0 fully saturated rings. The van der Waals surface area contributed by atoms with Gasteiger partial charge in [-0.1, -0.05) is 12.1 Å². The summed E-state index contributed by atoms with van der Waals surface area (Å²) in [6.07, 6.45) is -4.99. The first-order valence-electron chi connectivity index (χ1n) is 4.67. The fourth-order valence-corrected chi connectivity index (χ4v) is 1.33. The van der Waals surface area contributed by atoms with Gasteiger partial charge in [0.05, 0.1) is 17.3 Å². The van der Waals surface area contributed by atoms with E-state index in [9.17, 15) is 18.0 Å². The highest BCUT2D eigenvalue weighted by Crippen LogP contribution is 2.36. The van der Waals surface area contributed by atoms with E-state index in [0.29, 0.717) is 0 Å². The summed E-state index contributed by atoms with van der Waals surface area (Å²) >= 11 is 0. The Balaban J connectivity index is 3.15. The number of rotatable bonds is 2. The number of carbonyl (C=O) groups excluding carboxylic acids is 1. The molecule has 0 saturated heterocycles. The van der Waals surface area contributed by atoms with E-state index in [2.05, 4.69) is 0 Å². The average Bonchev–Trinajstić information content (AvgIpc) is 2.27. The second kappa shape index (κ2) is 4.87. The molecule has 0 N–H and O–H groups in total. The van der Waals surface area contributed by atoms with Gasteiger partial charge >= 0.3 is 6.18 Å². The molecule has 1 aromatic rings. The van der Waals surface area contributed by atoms with Crippen molar-refractivity contribution in [1.29, 1.82) is 5.26 Å². The van der Waals surface area contributed by atoms with Crippen LogP contribution in [0.15, 0.2) is 24.3 Å². The van der Waals surface area contributed by atoms with Crippen molar-refractivity contribution < 1.29 is 18.0 Å². The lowest BCUT2D eigenvalue weighted by Gasteiger charge is -2.20. The molecule has 0 unspecified atom stereocenters. The van der Waals surface area contributed by atoms with Gasteiger partial charge in [0, 0.05) is 7.05 Å². The fraction of sp³-hybridized carbons (Fsp3) is 0.273. The molecular weight excluding hydrogens is 233 g/mol. The van der Waals surface area contributed by atoms with Crippen molar-refractivity contribution in [1.82, 2.24) is 0 Å². The molecule has 6 heteroatoms. The van der Waals surface area contributed by atoms with E-state index >= 15 is 0 Å². The number of para-hydroxylation sites is 1. The van der Waals surface area contributed by atoms with Crippen molar-refractivity contribution >= 4 is 11.6 Å². The van der Waals surface area contributed by atoms with Gasteiger partial charge < -0.3 is 4.90 Å². The van der Waals surface area contributed by atoms with Crippen LogP contribution in [0.1, 0.15) is 12.0 Å². The molecule has 0 aliphatic heterocycles. The maximum absolute atomic E-state index is 12.7. The molecule has 1 amide bonds. The number of hydrogen-bond acceptors (Lipinski definition) is 2. The van der Waals surface area contributed by atoms with E-state index in [1.165, 1.54) is 25.2 Å². The minimum atomic E-state index is -4.53. The van der Waals surface area contributed by atoms with Gasteiger partial charge in [-0.15, -0.1) is 0 Å². The Labute approximate surface area is 96.1 Å². The van der Waals surface area contributed by atoms with Gasteiger partial charge in [-0.05, 0) is 12.1 Å². The normalized spacial score (nSPS) is 10.8. The van der Waals surface area contributed by atoms with Crippen molar-refractivity contribution in [3.8, 4) is 6.07 Å². The van der Waals surface area contributed by atoms with E-state index < -0.39 is 24.1 Å². The van der Waals surface area contributed by atoms with Crippen LogP contribution < -0.4 is 4.90 Å². The second-order valence-electron chi connectivity index (χ2n) is 3.30. The number of benzene rings is 1. The van der Waals surface area contributed by atoms with Crippen molar-refractivity contribution in [3.05, 3.63) is 29.8 Å². The summed E-state index contributed by atoms with van der Waals surface area (Å²) in [6.45, 7) is 0. The SMILES string of the molecule is CN(C(=O)CC#N)c1ccccc1C(F)(F)F. The molecule has 0 heterocycles. The number of carbonyl (C=O) groups is 1. The van der Waals surface area contributed by atoms with Crippen LogP contribution in [-0.4, -0.2) is 13.0 Å². The highest BCUT2D eigenvalue weighted by Gasteiger charge is 2.34. The molecule has 0 spiro atoms. The molecule has 0 aliphatic rings. The third kappa shape index (κ3) is 2.97. The Bertz CT molecular complexity index is 463. The topological polar surface area (TPSA) is 44.1 Å². The van der Waals surface area contributed by atoms with Gasteiger partial charge in [0.1, 0.15) is 6.42 Å². The second-order valence-corrected chi connectivity index (χ2v) is 3.30. The summed E-state index contributed by atoms with van der Waals surface area (Å²) in [5, 5.41) is 8.34. The fourth-order valence-electron chi connectivity index (χ4n) is 1.33. The third-order valence-electron chi connectivity index (χ3n) is 2.18. The van der Waals surface area contributed by atoms with Gasteiger partial charge in [-0.3, -0.25) is 4.79 Å². The summed E-state index contributed by atoms with van der Waals surface area (Å²) in [6, 6.07) is 6.34. The molecule has 90 valence electrons. The zero-order chi connectivity index (χ0) is 13.1. The Morgan fingerprint density at radius 1 is 1.41 bits per heavy atom. The number of hydrogen-bond donors (Lipinski definition) is 0. The van der Waals surface area contributed by atoms with E-state index in [4.69, 9.17) is 5.26 Å². The molecular formula is C11H9F3N2O. The van der Waals surface area contributed by atoms with Crippen LogP contribution in [0.3, 0.4) is 0 Å². The Kier molecular flexibility index (Phi) is 3.73. The largest absolute Gasteiger partial charge is 0.418 e. The van der Waals surface area contributed by atoms with Crippen molar-refractivity contribution in [3.63, 3.8) is 0 Å². The monoisotopic (exact) mass is 242 g/mol. The van der Waals surface area contributed by atoms with Gasteiger partial charge in [-0.2, -0.15) is 18.4 Å². The zero-order valence-electron chi connectivity index (χ0n) is 8.95. The minimum Gasteiger partial charge on any atom is -0.314 e. The lowest BCUT2D eigenvalue weighted by Crippen LogP contribution is -2.27. The van der Waals surface area contributed by atoms with Gasteiger partial charge in [0.2, 0.25) is 5.91 Å². The lowest BCUT2D eigenvalue weighted by atomic mass is 10.1. The zero-order valence-corrected chi connectivity index (χ0v) is 8.95. The number of nitriles is 1. The molecule has 1 rings (SSSR count). The van der Waals surface area contributed by atoms with Crippen molar-refractivity contribution in [2.45, 2.75) is 12.6 Å². The summed E-state index contributed by atoms with van der Waals surface area (Å²) in [4.78, 5) is 12.2. The standard InChI is InChI=1S/C11H9F3N2O/c1-16(10(17)6-7-15)9-5-3-2-4-8(9)11(12,13)14/h2-5H,6H2,1H3. The molecule has 3 nitrogen and oxygen atoms in total. The van der Waals surface area contributed by atoms with Crippen LogP contribution in [0.5, 0.6) is 0 Å². The minimum absolute atomic E-state index is 0.250. The maximum Gasteiger partial charge on any atom is 0.418 e.